The van der Waals surface area contributed by atoms with Crippen LogP contribution in [0.25, 0.3) is 11.1 Å². The monoisotopic (exact) mass is 386 g/mol. The van der Waals surface area contributed by atoms with Crippen molar-refractivity contribution < 1.29 is 9.47 Å². The Morgan fingerprint density at radius 2 is 1.14 bits per heavy atom. The minimum Gasteiger partial charge on any atom is -0.342 e. The second-order valence-corrected chi connectivity index (χ2v) is 7.02. The fourth-order valence-corrected chi connectivity index (χ4v) is 3.73. The van der Waals surface area contributed by atoms with Gasteiger partial charge in [-0.05, 0) is 36.8 Å². The fourth-order valence-electron chi connectivity index (χ4n) is 3.73. The van der Waals surface area contributed by atoms with Gasteiger partial charge in [-0.15, -0.1) is 0 Å². The molecule has 0 radical (unpaired) electrons. The quantitative estimate of drug-likeness (QED) is 0.223. The largest absolute Gasteiger partial charge is 0.342 e. The van der Waals surface area contributed by atoms with Crippen molar-refractivity contribution in [1.29, 1.82) is 0 Å². The van der Waals surface area contributed by atoms with Crippen LogP contribution in [0.3, 0.4) is 0 Å². The first-order chi connectivity index (χ1) is 14.3. The van der Waals surface area contributed by atoms with Crippen LogP contribution >= 0.6 is 0 Å². The van der Waals surface area contributed by atoms with E-state index in [4.69, 9.17) is 9.47 Å². The molecule has 0 aromatic heterocycles. The van der Waals surface area contributed by atoms with Crippen molar-refractivity contribution >= 4 is 0 Å². The number of hydrogen-bond donors (Lipinski definition) is 0. The molecule has 0 heterocycles. The molecule has 2 heteroatoms. The number of benzene rings is 2. The van der Waals surface area contributed by atoms with Crippen LogP contribution in [-0.4, -0.2) is 13.2 Å². The molecule has 150 valence electrons. The molecule has 3 rings (SSSR count). The summed E-state index contributed by atoms with van der Waals surface area (Å²) < 4.78 is 13.1. The van der Waals surface area contributed by atoms with Gasteiger partial charge in [0.1, 0.15) is 0 Å². The van der Waals surface area contributed by atoms with Crippen molar-refractivity contribution in [2.45, 2.75) is 31.5 Å². The van der Waals surface area contributed by atoms with E-state index in [0.29, 0.717) is 13.2 Å². The minimum atomic E-state index is -0.836. The first kappa shape index (κ1) is 21.0. The zero-order chi connectivity index (χ0) is 20.4. The summed E-state index contributed by atoms with van der Waals surface area (Å²) in [5.74, 6) is -0.836. The molecule has 1 aliphatic carbocycles. The molecule has 0 aliphatic heterocycles. The SMILES string of the molecule is C=C/C=C/CCCOC1(OCCC/C=C/C=C)c2ccccc2-c2ccccc21. The van der Waals surface area contributed by atoms with E-state index in [1.165, 1.54) is 11.1 Å². The molecule has 0 amide bonds. The van der Waals surface area contributed by atoms with Crippen LogP contribution in [0.2, 0.25) is 0 Å². The van der Waals surface area contributed by atoms with Gasteiger partial charge in [0.25, 0.3) is 0 Å². The maximum absolute atomic E-state index is 6.54. The molecular weight excluding hydrogens is 356 g/mol. The Kier molecular flexibility index (Phi) is 7.80. The number of allylic oxidation sites excluding steroid dienone is 6. The Morgan fingerprint density at radius 3 is 1.59 bits per heavy atom. The van der Waals surface area contributed by atoms with Crippen molar-refractivity contribution in [3.8, 4) is 11.1 Å². The van der Waals surface area contributed by atoms with Crippen molar-refractivity contribution in [1.82, 2.24) is 0 Å². The lowest BCUT2D eigenvalue weighted by molar-refractivity contribution is -0.216. The minimum absolute atomic E-state index is 0.626. The van der Waals surface area contributed by atoms with Gasteiger partial charge < -0.3 is 9.47 Å². The lowest BCUT2D eigenvalue weighted by Gasteiger charge is -2.32. The molecule has 0 unspecified atom stereocenters. The predicted octanol–water partition coefficient (Wildman–Crippen LogP) is 6.95. The van der Waals surface area contributed by atoms with E-state index in [-0.39, 0.29) is 0 Å². The molecule has 0 atom stereocenters. The molecule has 0 saturated heterocycles. The molecule has 2 aromatic rings. The predicted molar refractivity (Wildman–Crippen MR) is 122 cm³/mol. The van der Waals surface area contributed by atoms with Crippen molar-refractivity contribution in [3.63, 3.8) is 0 Å². The fraction of sp³-hybridized carbons (Fsp3) is 0.259. The van der Waals surface area contributed by atoms with E-state index < -0.39 is 5.79 Å². The van der Waals surface area contributed by atoms with Gasteiger partial charge in [0, 0.05) is 11.1 Å². The van der Waals surface area contributed by atoms with Gasteiger partial charge in [-0.25, -0.2) is 0 Å². The molecule has 2 nitrogen and oxygen atoms in total. The summed E-state index contributed by atoms with van der Waals surface area (Å²) in [6.45, 7) is 8.68. The third-order valence-corrected chi connectivity index (χ3v) is 5.04. The van der Waals surface area contributed by atoms with Gasteiger partial charge in [0.05, 0.1) is 13.2 Å². The summed E-state index contributed by atoms with van der Waals surface area (Å²) in [6.07, 6.45) is 15.6. The maximum atomic E-state index is 6.54. The van der Waals surface area contributed by atoms with E-state index in [1.807, 2.05) is 12.2 Å². The Morgan fingerprint density at radius 1 is 0.690 bits per heavy atom. The zero-order valence-electron chi connectivity index (χ0n) is 17.1. The highest BCUT2D eigenvalue weighted by atomic mass is 16.7. The Hall–Kier alpha value is -2.68. The average Bonchev–Trinajstić information content (AvgIpc) is 3.04. The molecule has 1 aliphatic rings. The standard InChI is InChI=1S/C27H30O2/c1-3-5-7-9-15-21-28-27(29-22-16-10-8-6-4-2)25-19-13-11-17-23(25)24-18-12-14-20-26(24)27/h3-8,11-14,17-20H,1-2,9-10,15-16,21-22H2/b7-5+,8-6+. The zero-order valence-corrected chi connectivity index (χ0v) is 17.1. The lowest BCUT2D eigenvalue weighted by atomic mass is 10.0. The highest BCUT2D eigenvalue weighted by molar-refractivity contribution is 5.79. The Labute approximate surface area is 174 Å². The second-order valence-electron chi connectivity index (χ2n) is 7.02. The second kappa shape index (κ2) is 10.8. The van der Waals surface area contributed by atoms with Crippen LogP contribution in [0, 0.1) is 0 Å². The molecule has 0 N–H and O–H groups in total. The number of rotatable bonds is 12. The van der Waals surface area contributed by atoms with Crippen LogP contribution in [0.1, 0.15) is 36.8 Å². The van der Waals surface area contributed by atoms with Crippen LogP contribution in [0.4, 0.5) is 0 Å². The molecule has 29 heavy (non-hydrogen) atoms. The van der Waals surface area contributed by atoms with Crippen LogP contribution in [0.5, 0.6) is 0 Å². The van der Waals surface area contributed by atoms with Gasteiger partial charge in [-0.1, -0.05) is 98.1 Å². The number of fused-ring (bicyclic) bond motifs is 3. The normalized spacial score (nSPS) is 14.2. The number of hydrogen-bond acceptors (Lipinski definition) is 2. The van der Waals surface area contributed by atoms with Crippen LogP contribution in [-0.2, 0) is 15.3 Å². The van der Waals surface area contributed by atoms with Crippen molar-refractivity contribution in [3.05, 3.63) is 109 Å². The third kappa shape index (κ3) is 4.84. The summed E-state index contributed by atoms with van der Waals surface area (Å²) in [7, 11) is 0. The average molecular weight is 387 g/mol. The van der Waals surface area contributed by atoms with Crippen molar-refractivity contribution in [2.24, 2.45) is 0 Å². The molecular formula is C27H30O2. The topological polar surface area (TPSA) is 18.5 Å². The van der Waals surface area contributed by atoms with E-state index in [2.05, 4.69) is 73.8 Å². The molecule has 0 bridgehead atoms. The van der Waals surface area contributed by atoms with Crippen LogP contribution < -0.4 is 0 Å². The highest BCUT2D eigenvalue weighted by Crippen LogP contribution is 2.50. The molecule has 0 spiro atoms. The van der Waals surface area contributed by atoms with Gasteiger partial charge in [-0.3, -0.25) is 0 Å². The highest BCUT2D eigenvalue weighted by Gasteiger charge is 2.45. The third-order valence-electron chi connectivity index (χ3n) is 5.04. The molecule has 2 aromatic carbocycles. The summed E-state index contributed by atoms with van der Waals surface area (Å²) >= 11 is 0. The summed E-state index contributed by atoms with van der Waals surface area (Å²) in [4.78, 5) is 0. The first-order valence-corrected chi connectivity index (χ1v) is 10.4. The van der Waals surface area contributed by atoms with E-state index >= 15 is 0 Å². The summed E-state index contributed by atoms with van der Waals surface area (Å²) in [6, 6.07) is 16.8. The van der Waals surface area contributed by atoms with E-state index in [0.717, 1.165) is 36.8 Å². The van der Waals surface area contributed by atoms with Crippen molar-refractivity contribution in [2.75, 3.05) is 13.2 Å². The van der Waals surface area contributed by atoms with Gasteiger partial charge in [0.15, 0.2) is 0 Å². The smallest absolute Gasteiger partial charge is 0.223 e. The van der Waals surface area contributed by atoms with Gasteiger partial charge in [-0.2, -0.15) is 0 Å². The Balaban J connectivity index is 1.82. The number of unbranched alkanes of at least 4 members (excludes halogenated alkanes) is 2. The summed E-state index contributed by atoms with van der Waals surface area (Å²) in [5, 5.41) is 0. The van der Waals surface area contributed by atoms with E-state index in [1.54, 1.807) is 12.2 Å². The van der Waals surface area contributed by atoms with E-state index in [9.17, 15) is 0 Å². The molecule has 0 fully saturated rings. The lowest BCUT2D eigenvalue weighted by Crippen LogP contribution is -2.33. The summed E-state index contributed by atoms with van der Waals surface area (Å²) in [5.41, 5.74) is 4.59. The van der Waals surface area contributed by atoms with Crippen LogP contribution in [0.15, 0.2) is 98.1 Å². The molecule has 0 saturated carbocycles. The Bertz CT molecular complexity index is 802. The van der Waals surface area contributed by atoms with Gasteiger partial charge >= 0.3 is 0 Å². The number of ether oxygens (including phenoxy) is 2. The van der Waals surface area contributed by atoms with Gasteiger partial charge in [0.2, 0.25) is 5.79 Å². The maximum Gasteiger partial charge on any atom is 0.223 e. The first-order valence-electron chi connectivity index (χ1n) is 10.4.